The molecule has 20 heavy (non-hydrogen) atoms. The van der Waals surface area contributed by atoms with E-state index in [1.165, 1.54) is 11.3 Å². The second kappa shape index (κ2) is 6.75. The Balaban J connectivity index is 2.05. The van der Waals surface area contributed by atoms with Crippen molar-refractivity contribution >= 4 is 11.6 Å². The first kappa shape index (κ1) is 14.9. The summed E-state index contributed by atoms with van der Waals surface area (Å²) >= 11 is 0. The molecule has 2 atom stereocenters. The first-order valence-electron chi connectivity index (χ1n) is 7.47. The lowest BCUT2D eigenvalue weighted by molar-refractivity contribution is -0.124. The summed E-state index contributed by atoms with van der Waals surface area (Å²) in [5.74, 6) is 0.255. The molecule has 2 unspecified atom stereocenters. The number of carbonyl (C=O) groups excluding carboxylic acids is 1. The fraction of sp³-hybridized carbons (Fsp3) is 0.562. The Labute approximate surface area is 121 Å². The van der Waals surface area contributed by atoms with Crippen molar-refractivity contribution in [1.82, 2.24) is 5.32 Å². The van der Waals surface area contributed by atoms with Crippen molar-refractivity contribution in [2.75, 3.05) is 25.0 Å². The van der Waals surface area contributed by atoms with Crippen molar-refractivity contribution in [3.05, 3.63) is 29.8 Å². The number of nitrogens with two attached hydrogens (primary N) is 1. The maximum atomic E-state index is 11.8. The zero-order valence-electron chi connectivity index (χ0n) is 12.4. The summed E-state index contributed by atoms with van der Waals surface area (Å²) in [5.41, 5.74) is 8.40. The number of amides is 1. The number of hydrogen-bond donors (Lipinski definition) is 2. The predicted octanol–water partition coefficient (Wildman–Crippen LogP) is 2.06. The number of piperidine rings is 1. The van der Waals surface area contributed by atoms with Crippen LogP contribution in [0.4, 0.5) is 5.69 Å². The molecule has 0 saturated carbocycles. The molecular weight excluding hydrogens is 250 g/mol. The summed E-state index contributed by atoms with van der Waals surface area (Å²) in [6.45, 7) is 3.92. The first-order chi connectivity index (χ1) is 9.65. The number of hydrogen-bond acceptors (Lipinski definition) is 3. The van der Waals surface area contributed by atoms with Crippen molar-refractivity contribution < 1.29 is 4.79 Å². The van der Waals surface area contributed by atoms with Crippen LogP contribution in [0, 0.1) is 5.92 Å². The van der Waals surface area contributed by atoms with Gasteiger partial charge < -0.3 is 16.0 Å². The van der Waals surface area contributed by atoms with E-state index < -0.39 is 0 Å². The van der Waals surface area contributed by atoms with Gasteiger partial charge in [-0.05, 0) is 37.0 Å². The first-order valence-corrected chi connectivity index (χ1v) is 7.47. The van der Waals surface area contributed by atoms with Gasteiger partial charge in [0, 0.05) is 31.9 Å². The Morgan fingerprint density at radius 2 is 2.15 bits per heavy atom. The predicted molar refractivity (Wildman–Crippen MR) is 82.7 cm³/mol. The van der Waals surface area contributed by atoms with Crippen LogP contribution in [0.1, 0.15) is 37.8 Å². The van der Waals surface area contributed by atoms with Gasteiger partial charge in [-0.2, -0.15) is 0 Å². The number of nitrogens with zero attached hydrogens (tertiary/aromatic N) is 1. The normalized spacial score (nSPS) is 20.6. The largest absolute Gasteiger partial charge is 0.371 e. The van der Waals surface area contributed by atoms with Gasteiger partial charge in [-0.3, -0.25) is 4.79 Å². The summed E-state index contributed by atoms with van der Waals surface area (Å²) in [5, 5.41) is 2.76. The van der Waals surface area contributed by atoms with Gasteiger partial charge in [0.05, 0.1) is 5.92 Å². The van der Waals surface area contributed by atoms with Crippen molar-refractivity contribution in [2.45, 2.75) is 32.2 Å². The lowest BCUT2D eigenvalue weighted by Gasteiger charge is -2.33. The molecule has 0 radical (unpaired) electrons. The molecule has 1 fully saturated rings. The van der Waals surface area contributed by atoms with Crippen molar-refractivity contribution in [1.29, 1.82) is 0 Å². The molecule has 2 rings (SSSR count). The third kappa shape index (κ3) is 3.31. The molecule has 1 aliphatic heterocycles. The summed E-state index contributed by atoms with van der Waals surface area (Å²) in [6.07, 6.45) is 2.99. The molecule has 1 aromatic rings. The molecular formula is C16H25N3O. The van der Waals surface area contributed by atoms with E-state index in [2.05, 4.69) is 41.4 Å². The molecule has 0 spiro atoms. The lowest BCUT2D eigenvalue weighted by atomic mass is 9.96. The SMILES string of the molecule is CCC(N)c1ccc(N2CCCC(C(=O)NC)C2)cc1. The number of benzene rings is 1. The lowest BCUT2D eigenvalue weighted by Crippen LogP contribution is -2.42. The van der Waals surface area contributed by atoms with Crippen LogP contribution in [0.15, 0.2) is 24.3 Å². The number of anilines is 1. The Hall–Kier alpha value is -1.55. The zero-order valence-corrected chi connectivity index (χ0v) is 12.4. The molecule has 0 bridgehead atoms. The quantitative estimate of drug-likeness (QED) is 0.884. The highest BCUT2D eigenvalue weighted by Gasteiger charge is 2.25. The van der Waals surface area contributed by atoms with E-state index in [1.54, 1.807) is 7.05 Å². The number of rotatable bonds is 4. The van der Waals surface area contributed by atoms with Gasteiger partial charge in [0.2, 0.25) is 5.91 Å². The van der Waals surface area contributed by atoms with Gasteiger partial charge in [0.15, 0.2) is 0 Å². The molecule has 110 valence electrons. The smallest absolute Gasteiger partial charge is 0.224 e. The van der Waals surface area contributed by atoms with Crippen molar-refractivity contribution in [2.24, 2.45) is 11.7 Å². The van der Waals surface area contributed by atoms with Gasteiger partial charge in [-0.25, -0.2) is 0 Å². The molecule has 1 aliphatic rings. The maximum Gasteiger partial charge on any atom is 0.224 e. The van der Waals surface area contributed by atoms with Gasteiger partial charge in [-0.1, -0.05) is 19.1 Å². The van der Waals surface area contributed by atoms with Gasteiger partial charge in [0.25, 0.3) is 0 Å². The average Bonchev–Trinajstić information content (AvgIpc) is 2.53. The van der Waals surface area contributed by atoms with E-state index in [0.717, 1.165) is 32.4 Å². The van der Waals surface area contributed by atoms with Crippen LogP contribution < -0.4 is 16.0 Å². The second-order valence-corrected chi connectivity index (χ2v) is 5.51. The van der Waals surface area contributed by atoms with Crippen molar-refractivity contribution in [3.8, 4) is 0 Å². The van der Waals surface area contributed by atoms with Crippen LogP contribution in [0.25, 0.3) is 0 Å². The van der Waals surface area contributed by atoms with Gasteiger partial charge in [-0.15, -0.1) is 0 Å². The van der Waals surface area contributed by atoms with E-state index >= 15 is 0 Å². The summed E-state index contributed by atoms with van der Waals surface area (Å²) < 4.78 is 0. The van der Waals surface area contributed by atoms with Crippen LogP contribution in [-0.4, -0.2) is 26.0 Å². The van der Waals surface area contributed by atoms with Crippen LogP contribution in [-0.2, 0) is 4.79 Å². The molecule has 1 aromatic carbocycles. The van der Waals surface area contributed by atoms with E-state index in [4.69, 9.17) is 5.73 Å². The monoisotopic (exact) mass is 275 g/mol. The molecule has 4 heteroatoms. The minimum absolute atomic E-state index is 0.103. The highest BCUT2D eigenvalue weighted by atomic mass is 16.1. The van der Waals surface area contributed by atoms with Crippen LogP contribution in [0.5, 0.6) is 0 Å². The third-order valence-corrected chi connectivity index (χ3v) is 4.16. The molecule has 1 amide bonds. The molecule has 4 nitrogen and oxygen atoms in total. The topological polar surface area (TPSA) is 58.4 Å². The van der Waals surface area contributed by atoms with Crippen LogP contribution in [0.3, 0.4) is 0 Å². The standard InChI is InChI=1S/C16H25N3O/c1-3-15(17)12-6-8-14(9-7-12)19-10-4-5-13(11-19)16(20)18-2/h6-9,13,15H,3-5,10-11,17H2,1-2H3,(H,18,20). The molecule has 1 saturated heterocycles. The molecule has 1 heterocycles. The summed E-state index contributed by atoms with van der Waals surface area (Å²) in [6, 6.07) is 8.57. The Morgan fingerprint density at radius 1 is 1.45 bits per heavy atom. The minimum atomic E-state index is 0.103. The van der Waals surface area contributed by atoms with E-state index in [0.29, 0.717) is 0 Å². The van der Waals surface area contributed by atoms with Crippen LogP contribution in [0.2, 0.25) is 0 Å². The van der Waals surface area contributed by atoms with E-state index in [9.17, 15) is 4.79 Å². The van der Waals surface area contributed by atoms with E-state index in [-0.39, 0.29) is 17.9 Å². The molecule has 3 N–H and O–H groups in total. The maximum absolute atomic E-state index is 11.8. The second-order valence-electron chi connectivity index (χ2n) is 5.51. The number of nitrogens with one attached hydrogen (secondary N) is 1. The third-order valence-electron chi connectivity index (χ3n) is 4.16. The molecule has 0 aliphatic carbocycles. The Morgan fingerprint density at radius 3 is 2.75 bits per heavy atom. The fourth-order valence-electron chi connectivity index (χ4n) is 2.80. The number of carbonyl (C=O) groups is 1. The van der Waals surface area contributed by atoms with E-state index in [1.807, 2.05) is 0 Å². The van der Waals surface area contributed by atoms with Crippen LogP contribution >= 0.6 is 0 Å². The molecule has 0 aromatic heterocycles. The van der Waals surface area contributed by atoms with Gasteiger partial charge in [0.1, 0.15) is 0 Å². The highest BCUT2D eigenvalue weighted by Crippen LogP contribution is 2.25. The Kier molecular flexibility index (Phi) is 5.01. The zero-order chi connectivity index (χ0) is 14.5. The highest BCUT2D eigenvalue weighted by molar-refractivity contribution is 5.79. The minimum Gasteiger partial charge on any atom is -0.371 e. The average molecular weight is 275 g/mol. The fourth-order valence-corrected chi connectivity index (χ4v) is 2.80. The Bertz CT molecular complexity index is 444. The van der Waals surface area contributed by atoms with Gasteiger partial charge >= 0.3 is 0 Å². The summed E-state index contributed by atoms with van der Waals surface area (Å²) in [4.78, 5) is 14.1. The van der Waals surface area contributed by atoms with Crippen molar-refractivity contribution in [3.63, 3.8) is 0 Å². The summed E-state index contributed by atoms with van der Waals surface area (Å²) in [7, 11) is 1.71.